The Labute approximate surface area is 189 Å². The van der Waals surface area contributed by atoms with Gasteiger partial charge in [-0.15, -0.1) is 0 Å². The Balaban J connectivity index is 1.42. The number of fused-ring (bicyclic) bond motifs is 1. The Kier molecular flexibility index (Phi) is 5.08. The molecule has 33 heavy (non-hydrogen) atoms. The van der Waals surface area contributed by atoms with E-state index in [4.69, 9.17) is 11.6 Å². The monoisotopic (exact) mass is 478 g/mol. The zero-order chi connectivity index (χ0) is 23.3. The summed E-state index contributed by atoms with van der Waals surface area (Å²) in [5.41, 5.74) is -0.655. The van der Waals surface area contributed by atoms with E-state index in [1.54, 1.807) is 18.2 Å². The molecule has 0 spiro atoms. The second-order valence-electron chi connectivity index (χ2n) is 7.71. The Hall–Kier alpha value is -3.47. The standard InChI is InChI=1S/C21H15ClF4N6O/c22-13-10-31(9-12-3-1-2-4-14(12)23)30-19(13)28-20(33)16-8-18-27-15(11-5-6-11)7-17(21(24,25)26)32(18)29-16/h1-4,7-8,10-11H,5-6,9H2,(H,28,30,33). The SMILES string of the molecule is O=C(Nc1nn(Cc2ccccc2F)cc1Cl)c1cc2nc(C3CC3)cc(C(F)(F)F)n2n1. The molecule has 1 aliphatic rings. The Bertz CT molecular complexity index is 1380. The van der Waals surface area contributed by atoms with Crippen molar-refractivity contribution in [2.75, 3.05) is 5.32 Å². The zero-order valence-electron chi connectivity index (χ0n) is 16.8. The van der Waals surface area contributed by atoms with Crippen LogP contribution < -0.4 is 5.32 Å². The van der Waals surface area contributed by atoms with E-state index in [2.05, 4.69) is 20.5 Å². The molecule has 7 nitrogen and oxygen atoms in total. The second-order valence-corrected chi connectivity index (χ2v) is 8.11. The average Bonchev–Trinajstić information content (AvgIpc) is 3.42. The molecule has 1 aliphatic carbocycles. The minimum absolute atomic E-state index is 0.0134. The third kappa shape index (κ3) is 4.28. The van der Waals surface area contributed by atoms with E-state index >= 15 is 0 Å². The fourth-order valence-electron chi connectivity index (χ4n) is 3.43. The highest BCUT2D eigenvalue weighted by Gasteiger charge is 2.37. The molecular weight excluding hydrogens is 464 g/mol. The maximum atomic E-state index is 13.9. The fraction of sp³-hybridized carbons (Fsp3) is 0.238. The van der Waals surface area contributed by atoms with Gasteiger partial charge in [0, 0.05) is 29.4 Å². The van der Waals surface area contributed by atoms with Crippen molar-refractivity contribution in [3.8, 4) is 0 Å². The minimum atomic E-state index is -4.67. The van der Waals surface area contributed by atoms with E-state index in [-0.39, 0.29) is 34.6 Å². The van der Waals surface area contributed by atoms with E-state index in [1.165, 1.54) is 23.0 Å². The molecule has 4 aromatic rings. The van der Waals surface area contributed by atoms with Gasteiger partial charge in [-0.3, -0.25) is 9.48 Å². The molecule has 0 aliphatic heterocycles. The number of hydrogen-bond acceptors (Lipinski definition) is 4. The first-order valence-corrected chi connectivity index (χ1v) is 10.3. The molecule has 170 valence electrons. The van der Waals surface area contributed by atoms with Gasteiger partial charge in [0.2, 0.25) is 0 Å². The van der Waals surface area contributed by atoms with Crippen LogP contribution in [-0.4, -0.2) is 30.3 Å². The molecule has 1 amide bonds. The number of carbonyl (C=O) groups excluding carboxylic acids is 1. The van der Waals surface area contributed by atoms with Crippen molar-refractivity contribution in [1.82, 2.24) is 24.4 Å². The Morgan fingerprint density at radius 3 is 2.64 bits per heavy atom. The van der Waals surface area contributed by atoms with Gasteiger partial charge in [0.05, 0.1) is 6.54 Å². The van der Waals surface area contributed by atoms with E-state index < -0.39 is 23.6 Å². The number of carbonyl (C=O) groups is 1. The van der Waals surface area contributed by atoms with Gasteiger partial charge >= 0.3 is 6.18 Å². The number of benzene rings is 1. The largest absolute Gasteiger partial charge is 0.433 e. The lowest BCUT2D eigenvalue weighted by Crippen LogP contribution is -2.16. The molecule has 3 heterocycles. The van der Waals surface area contributed by atoms with Gasteiger partial charge in [-0.2, -0.15) is 23.4 Å². The van der Waals surface area contributed by atoms with Crippen LogP contribution in [0.25, 0.3) is 5.65 Å². The van der Waals surface area contributed by atoms with Crippen LogP contribution in [-0.2, 0) is 12.7 Å². The van der Waals surface area contributed by atoms with Crippen molar-refractivity contribution in [1.29, 1.82) is 0 Å². The number of amides is 1. The van der Waals surface area contributed by atoms with Crippen LogP contribution in [0.3, 0.4) is 0 Å². The number of anilines is 1. The Morgan fingerprint density at radius 2 is 1.94 bits per heavy atom. The lowest BCUT2D eigenvalue weighted by molar-refractivity contribution is -0.142. The Morgan fingerprint density at radius 1 is 1.18 bits per heavy atom. The van der Waals surface area contributed by atoms with Crippen LogP contribution in [0.2, 0.25) is 5.02 Å². The number of nitrogens with zero attached hydrogens (tertiary/aromatic N) is 5. The molecule has 1 saturated carbocycles. The van der Waals surface area contributed by atoms with Crippen LogP contribution in [0.1, 0.15) is 46.2 Å². The van der Waals surface area contributed by atoms with Gasteiger partial charge in [0.15, 0.2) is 17.2 Å². The van der Waals surface area contributed by atoms with E-state index in [9.17, 15) is 22.4 Å². The summed E-state index contributed by atoms with van der Waals surface area (Å²) in [5, 5.41) is 10.4. The van der Waals surface area contributed by atoms with Crippen LogP contribution in [0.15, 0.2) is 42.6 Å². The van der Waals surface area contributed by atoms with E-state index in [0.717, 1.165) is 18.9 Å². The van der Waals surface area contributed by atoms with Crippen molar-refractivity contribution >= 4 is 29.0 Å². The topological polar surface area (TPSA) is 77.1 Å². The summed E-state index contributed by atoms with van der Waals surface area (Å²) in [5.74, 6) is -1.27. The quantitative estimate of drug-likeness (QED) is 0.413. The first-order valence-electron chi connectivity index (χ1n) is 9.94. The van der Waals surface area contributed by atoms with Gasteiger partial charge in [0.1, 0.15) is 16.5 Å². The molecule has 1 N–H and O–H groups in total. The van der Waals surface area contributed by atoms with Gasteiger partial charge in [-0.1, -0.05) is 29.8 Å². The molecule has 1 fully saturated rings. The third-order valence-electron chi connectivity index (χ3n) is 5.20. The van der Waals surface area contributed by atoms with Crippen LogP contribution in [0.5, 0.6) is 0 Å². The minimum Gasteiger partial charge on any atom is -0.302 e. The molecule has 5 rings (SSSR count). The summed E-state index contributed by atoms with van der Waals surface area (Å²) in [6, 6.07) is 8.28. The van der Waals surface area contributed by atoms with Crippen LogP contribution in [0.4, 0.5) is 23.4 Å². The molecule has 0 saturated heterocycles. The maximum absolute atomic E-state index is 13.9. The summed E-state index contributed by atoms with van der Waals surface area (Å²) >= 11 is 6.13. The van der Waals surface area contributed by atoms with Crippen molar-refractivity contribution in [3.63, 3.8) is 0 Å². The van der Waals surface area contributed by atoms with Gasteiger partial charge in [-0.05, 0) is 25.0 Å². The first-order chi connectivity index (χ1) is 15.7. The lowest BCUT2D eigenvalue weighted by Gasteiger charge is -2.10. The molecule has 0 bridgehead atoms. The zero-order valence-corrected chi connectivity index (χ0v) is 17.5. The number of aromatic nitrogens is 5. The normalized spacial score (nSPS) is 14.1. The number of halogens is 5. The molecule has 0 unspecified atom stereocenters. The highest BCUT2D eigenvalue weighted by atomic mass is 35.5. The molecule has 12 heteroatoms. The molecule has 0 radical (unpaired) electrons. The molecule has 3 aromatic heterocycles. The number of alkyl halides is 3. The third-order valence-corrected chi connectivity index (χ3v) is 5.48. The highest BCUT2D eigenvalue weighted by Crippen LogP contribution is 2.41. The fourth-order valence-corrected chi connectivity index (χ4v) is 3.63. The predicted octanol–water partition coefficient (Wildman–Crippen LogP) is 4.92. The number of rotatable bonds is 5. The van der Waals surface area contributed by atoms with Gasteiger partial charge in [0.25, 0.3) is 5.91 Å². The molecule has 0 atom stereocenters. The van der Waals surface area contributed by atoms with Crippen molar-refractivity contribution in [2.24, 2.45) is 0 Å². The van der Waals surface area contributed by atoms with Gasteiger partial charge < -0.3 is 5.32 Å². The predicted molar refractivity (Wildman–Crippen MR) is 111 cm³/mol. The first kappa shape index (κ1) is 21.4. The van der Waals surface area contributed by atoms with Crippen molar-refractivity contribution < 1.29 is 22.4 Å². The number of hydrogen-bond donors (Lipinski definition) is 1. The summed E-state index contributed by atoms with van der Waals surface area (Å²) in [6.07, 6.45) is -1.72. The number of nitrogens with one attached hydrogen (secondary N) is 1. The smallest absolute Gasteiger partial charge is 0.302 e. The van der Waals surface area contributed by atoms with Crippen LogP contribution >= 0.6 is 11.6 Å². The van der Waals surface area contributed by atoms with Crippen molar-refractivity contribution in [2.45, 2.75) is 31.5 Å². The second kappa shape index (κ2) is 7.84. The van der Waals surface area contributed by atoms with Gasteiger partial charge in [-0.25, -0.2) is 13.9 Å². The summed E-state index contributed by atoms with van der Waals surface area (Å²) in [7, 11) is 0. The van der Waals surface area contributed by atoms with E-state index in [1.807, 2.05) is 0 Å². The highest BCUT2D eigenvalue weighted by molar-refractivity contribution is 6.33. The molecular formula is C21H15ClF4N6O. The van der Waals surface area contributed by atoms with E-state index in [0.29, 0.717) is 15.8 Å². The summed E-state index contributed by atoms with van der Waals surface area (Å²) in [4.78, 5) is 16.9. The average molecular weight is 479 g/mol. The summed E-state index contributed by atoms with van der Waals surface area (Å²) in [6.45, 7) is 0.0689. The van der Waals surface area contributed by atoms with Crippen molar-refractivity contribution in [3.05, 3.63) is 76.1 Å². The maximum Gasteiger partial charge on any atom is 0.433 e. The van der Waals surface area contributed by atoms with Crippen LogP contribution in [0, 0.1) is 5.82 Å². The molecule has 1 aromatic carbocycles. The lowest BCUT2D eigenvalue weighted by atomic mass is 10.2. The summed E-state index contributed by atoms with van der Waals surface area (Å²) < 4.78 is 56.5.